The maximum absolute atomic E-state index is 12.2. The number of rotatable bonds is 4. The standard InChI is InChI=1S/C14H27NO2S/c16-18(17,12-13-8-4-3-5-9-13)15-14-10-6-1-2-7-11-14/h13-15H,1-12H2. The topological polar surface area (TPSA) is 46.2 Å². The number of hydrogen-bond donors (Lipinski definition) is 1. The Morgan fingerprint density at radius 3 is 1.89 bits per heavy atom. The maximum atomic E-state index is 12.2. The summed E-state index contributed by atoms with van der Waals surface area (Å²) in [6.07, 6.45) is 12.9. The van der Waals surface area contributed by atoms with Crippen LogP contribution in [0.3, 0.4) is 0 Å². The lowest BCUT2D eigenvalue weighted by atomic mass is 9.91. The molecule has 0 radical (unpaired) electrons. The number of hydrogen-bond acceptors (Lipinski definition) is 2. The highest BCUT2D eigenvalue weighted by molar-refractivity contribution is 7.89. The van der Waals surface area contributed by atoms with Gasteiger partial charge in [-0.1, -0.05) is 44.9 Å². The van der Waals surface area contributed by atoms with Gasteiger partial charge in [0.2, 0.25) is 10.0 Å². The third-order valence-corrected chi connectivity index (χ3v) is 5.98. The van der Waals surface area contributed by atoms with Crippen LogP contribution >= 0.6 is 0 Å². The molecule has 0 spiro atoms. The van der Waals surface area contributed by atoms with Crippen molar-refractivity contribution in [1.82, 2.24) is 4.72 Å². The molecule has 0 heterocycles. The Morgan fingerprint density at radius 1 is 0.778 bits per heavy atom. The van der Waals surface area contributed by atoms with Crippen LogP contribution in [0.15, 0.2) is 0 Å². The van der Waals surface area contributed by atoms with Crippen molar-refractivity contribution in [3.8, 4) is 0 Å². The lowest BCUT2D eigenvalue weighted by Gasteiger charge is -2.23. The predicted octanol–water partition coefficient (Wildman–Crippen LogP) is 3.21. The third kappa shape index (κ3) is 4.88. The van der Waals surface area contributed by atoms with Crippen LogP contribution in [0.2, 0.25) is 0 Å². The molecule has 0 bridgehead atoms. The fourth-order valence-electron chi connectivity index (χ4n) is 3.36. The summed E-state index contributed by atoms with van der Waals surface area (Å²) in [7, 11) is -3.05. The third-order valence-electron chi connectivity index (χ3n) is 4.38. The van der Waals surface area contributed by atoms with Crippen LogP contribution < -0.4 is 4.72 Å². The Labute approximate surface area is 112 Å². The first-order chi connectivity index (χ1) is 8.66. The molecule has 106 valence electrons. The van der Waals surface area contributed by atoms with Gasteiger partial charge in [0.25, 0.3) is 0 Å². The van der Waals surface area contributed by atoms with Crippen molar-refractivity contribution in [1.29, 1.82) is 0 Å². The zero-order chi connectivity index (χ0) is 12.8. The molecule has 0 amide bonds. The lowest BCUT2D eigenvalue weighted by Crippen LogP contribution is -2.38. The molecule has 4 heteroatoms. The van der Waals surface area contributed by atoms with Gasteiger partial charge < -0.3 is 0 Å². The molecule has 0 atom stereocenters. The van der Waals surface area contributed by atoms with Gasteiger partial charge in [0.15, 0.2) is 0 Å². The molecule has 0 aromatic rings. The van der Waals surface area contributed by atoms with Crippen molar-refractivity contribution in [3.05, 3.63) is 0 Å². The van der Waals surface area contributed by atoms with E-state index in [1.165, 1.54) is 44.9 Å². The smallest absolute Gasteiger partial charge is 0.212 e. The number of sulfonamides is 1. The van der Waals surface area contributed by atoms with E-state index in [-0.39, 0.29) is 6.04 Å². The highest BCUT2D eigenvalue weighted by Gasteiger charge is 2.24. The molecule has 0 aromatic heterocycles. The van der Waals surface area contributed by atoms with Gasteiger partial charge in [0, 0.05) is 6.04 Å². The molecule has 2 rings (SSSR count). The fraction of sp³-hybridized carbons (Fsp3) is 1.00. The van der Waals surface area contributed by atoms with Gasteiger partial charge in [-0.3, -0.25) is 0 Å². The Hall–Kier alpha value is -0.0900. The molecule has 0 unspecified atom stereocenters. The fourth-order valence-corrected chi connectivity index (χ4v) is 5.16. The Bertz CT molecular complexity index is 326. The van der Waals surface area contributed by atoms with Gasteiger partial charge in [-0.2, -0.15) is 0 Å². The van der Waals surface area contributed by atoms with Crippen LogP contribution in [-0.2, 0) is 10.0 Å². The molecule has 2 aliphatic rings. The van der Waals surface area contributed by atoms with E-state index < -0.39 is 10.0 Å². The SMILES string of the molecule is O=S(=O)(CC1CCCCC1)NC1CCCCCC1. The second-order valence-electron chi connectivity index (χ2n) is 6.09. The molecule has 0 aromatic carbocycles. The molecular formula is C14H27NO2S. The van der Waals surface area contributed by atoms with Crippen LogP contribution in [0.1, 0.15) is 70.6 Å². The van der Waals surface area contributed by atoms with Gasteiger partial charge in [-0.15, -0.1) is 0 Å². The van der Waals surface area contributed by atoms with Crippen LogP contribution in [0, 0.1) is 5.92 Å². The van der Waals surface area contributed by atoms with Gasteiger partial charge >= 0.3 is 0 Å². The first-order valence-corrected chi connectivity index (χ1v) is 9.31. The van der Waals surface area contributed by atoms with Crippen LogP contribution in [0.4, 0.5) is 0 Å². The molecule has 18 heavy (non-hydrogen) atoms. The van der Waals surface area contributed by atoms with E-state index >= 15 is 0 Å². The average Bonchev–Trinajstić information content (AvgIpc) is 2.57. The van der Waals surface area contributed by atoms with Gasteiger partial charge in [0.1, 0.15) is 0 Å². The second kappa shape index (κ2) is 6.90. The van der Waals surface area contributed by atoms with Crippen LogP contribution in [0.25, 0.3) is 0 Å². The van der Waals surface area contributed by atoms with Crippen LogP contribution in [0.5, 0.6) is 0 Å². The van der Waals surface area contributed by atoms with Crippen molar-refractivity contribution < 1.29 is 8.42 Å². The van der Waals surface area contributed by atoms with Crippen molar-refractivity contribution in [2.45, 2.75) is 76.7 Å². The van der Waals surface area contributed by atoms with E-state index in [2.05, 4.69) is 4.72 Å². The summed E-state index contributed by atoms with van der Waals surface area (Å²) in [5.41, 5.74) is 0. The van der Waals surface area contributed by atoms with E-state index in [0.717, 1.165) is 25.7 Å². The minimum atomic E-state index is -3.05. The van der Waals surface area contributed by atoms with E-state index in [0.29, 0.717) is 11.7 Å². The average molecular weight is 273 g/mol. The lowest BCUT2D eigenvalue weighted by molar-refractivity contribution is 0.382. The highest BCUT2D eigenvalue weighted by atomic mass is 32.2. The molecule has 2 aliphatic carbocycles. The molecule has 3 nitrogen and oxygen atoms in total. The summed E-state index contributed by atoms with van der Waals surface area (Å²) in [5.74, 6) is 0.769. The summed E-state index contributed by atoms with van der Waals surface area (Å²) < 4.78 is 27.3. The van der Waals surface area contributed by atoms with Crippen molar-refractivity contribution in [2.24, 2.45) is 5.92 Å². The minimum absolute atomic E-state index is 0.209. The largest absolute Gasteiger partial charge is 0.212 e. The summed E-state index contributed by atoms with van der Waals surface area (Å²) in [5, 5.41) is 0. The Balaban J connectivity index is 1.81. The van der Waals surface area contributed by atoms with Crippen molar-refractivity contribution >= 4 is 10.0 Å². The Morgan fingerprint density at radius 2 is 1.28 bits per heavy atom. The molecule has 2 saturated carbocycles. The van der Waals surface area contributed by atoms with Crippen LogP contribution in [-0.4, -0.2) is 20.2 Å². The van der Waals surface area contributed by atoms with Crippen molar-refractivity contribution in [3.63, 3.8) is 0 Å². The van der Waals surface area contributed by atoms with Gasteiger partial charge in [0.05, 0.1) is 5.75 Å². The second-order valence-corrected chi connectivity index (χ2v) is 7.89. The summed E-state index contributed by atoms with van der Waals surface area (Å²) in [4.78, 5) is 0. The quantitative estimate of drug-likeness (QED) is 0.799. The molecule has 1 N–H and O–H groups in total. The van der Waals surface area contributed by atoms with Crippen molar-refractivity contribution in [2.75, 3.05) is 5.75 Å². The normalized spacial score (nSPS) is 24.9. The molecular weight excluding hydrogens is 246 g/mol. The minimum Gasteiger partial charge on any atom is -0.212 e. The molecule has 2 fully saturated rings. The number of nitrogens with one attached hydrogen (secondary N) is 1. The van der Waals surface area contributed by atoms with E-state index in [1.54, 1.807) is 0 Å². The maximum Gasteiger partial charge on any atom is 0.212 e. The van der Waals surface area contributed by atoms with E-state index in [1.807, 2.05) is 0 Å². The van der Waals surface area contributed by atoms with E-state index in [4.69, 9.17) is 0 Å². The predicted molar refractivity (Wildman–Crippen MR) is 75.0 cm³/mol. The van der Waals surface area contributed by atoms with Gasteiger partial charge in [-0.05, 0) is 31.6 Å². The first-order valence-electron chi connectivity index (χ1n) is 7.66. The summed E-state index contributed by atoms with van der Waals surface area (Å²) in [6, 6.07) is 0.209. The molecule has 0 saturated heterocycles. The summed E-state index contributed by atoms with van der Waals surface area (Å²) in [6.45, 7) is 0. The monoisotopic (exact) mass is 273 g/mol. The first kappa shape index (κ1) is 14.3. The highest BCUT2D eigenvalue weighted by Crippen LogP contribution is 2.25. The Kier molecular flexibility index (Phi) is 5.49. The van der Waals surface area contributed by atoms with E-state index in [9.17, 15) is 8.42 Å². The molecule has 0 aliphatic heterocycles. The zero-order valence-electron chi connectivity index (χ0n) is 11.4. The van der Waals surface area contributed by atoms with Gasteiger partial charge in [-0.25, -0.2) is 13.1 Å². The summed E-state index contributed by atoms with van der Waals surface area (Å²) >= 11 is 0. The zero-order valence-corrected chi connectivity index (χ0v) is 12.2.